The molecule has 134 valence electrons. The minimum atomic E-state index is 0. The molecule has 0 aliphatic carbocycles. The highest BCUT2D eigenvalue weighted by atomic mass is 35.5. The van der Waals surface area contributed by atoms with Crippen LogP contribution in [0.4, 0.5) is 0 Å². The lowest BCUT2D eigenvalue weighted by molar-refractivity contribution is -0.390. The van der Waals surface area contributed by atoms with Crippen LogP contribution in [0.1, 0.15) is 103 Å². The van der Waals surface area contributed by atoms with Crippen molar-refractivity contribution in [3.8, 4) is 0 Å². The Balaban J connectivity index is 0.00000484. The number of unbranched alkanes of at least 4 members (excludes halogenated alkanes) is 13. The molecule has 0 atom stereocenters. The van der Waals surface area contributed by atoms with E-state index in [4.69, 9.17) is 0 Å². The molecule has 0 saturated carbocycles. The lowest BCUT2D eigenvalue weighted by atomic mass is 10.0. The summed E-state index contributed by atoms with van der Waals surface area (Å²) in [6.45, 7) is 2.29. The molecular formula is C21H38ClN. The molecule has 23 heavy (non-hydrogen) atoms. The second-order valence-electron chi connectivity index (χ2n) is 6.73. The molecule has 0 amide bonds. The molecule has 0 aliphatic heterocycles. The van der Waals surface area contributed by atoms with Gasteiger partial charge in [0, 0.05) is 18.6 Å². The molecule has 0 fully saturated rings. The van der Waals surface area contributed by atoms with Gasteiger partial charge in [0.05, 0.1) is 0 Å². The van der Waals surface area contributed by atoms with E-state index in [9.17, 15) is 0 Å². The number of nitrogens with one attached hydrogen (secondary N) is 1. The number of halogens is 1. The second-order valence-corrected chi connectivity index (χ2v) is 6.73. The fraction of sp³-hybridized carbons (Fsp3) is 0.762. The SMILES string of the molecule is CCCCCCCCCCCCCCCCc1cccc[nH+]1.[Cl-]. The Labute approximate surface area is 151 Å². The first-order valence-electron chi connectivity index (χ1n) is 9.89. The molecule has 0 saturated heterocycles. The number of hydrogen-bond acceptors (Lipinski definition) is 0. The third-order valence-corrected chi connectivity index (χ3v) is 4.57. The number of H-pyrrole nitrogens is 1. The fourth-order valence-corrected chi connectivity index (χ4v) is 3.10. The maximum Gasteiger partial charge on any atom is 0.179 e. The summed E-state index contributed by atoms with van der Waals surface area (Å²) in [6, 6.07) is 6.37. The summed E-state index contributed by atoms with van der Waals surface area (Å²) in [4.78, 5) is 3.32. The zero-order valence-corrected chi connectivity index (χ0v) is 16.0. The molecule has 1 nitrogen and oxygen atoms in total. The Bertz CT molecular complexity index is 326. The number of hydrogen-bond donors (Lipinski definition) is 0. The van der Waals surface area contributed by atoms with Gasteiger partial charge in [0.25, 0.3) is 0 Å². The van der Waals surface area contributed by atoms with Gasteiger partial charge in [-0.25, -0.2) is 4.98 Å². The van der Waals surface area contributed by atoms with Gasteiger partial charge in [-0.1, -0.05) is 96.5 Å². The lowest BCUT2D eigenvalue weighted by Gasteiger charge is -2.02. The van der Waals surface area contributed by atoms with Gasteiger partial charge in [0.15, 0.2) is 11.9 Å². The van der Waals surface area contributed by atoms with Crippen molar-refractivity contribution in [1.29, 1.82) is 0 Å². The zero-order valence-electron chi connectivity index (χ0n) is 15.3. The Morgan fingerprint density at radius 2 is 1.13 bits per heavy atom. The van der Waals surface area contributed by atoms with Crippen LogP contribution in [0.5, 0.6) is 0 Å². The highest BCUT2D eigenvalue weighted by Crippen LogP contribution is 2.13. The highest BCUT2D eigenvalue weighted by molar-refractivity contribution is 4.96. The molecular weight excluding hydrogens is 302 g/mol. The summed E-state index contributed by atoms with van der Waals surface area (Å²) in [7, 11) is 0. The average Bonchev–Trinajstić information content (AvgIpc) is 2.56. The first kappa shape index (κ1) is 22.4. The van der Waals surface area contributed by atoms with Gasteiger partial charge < -0.3 is 12.4 Å². The smallest absolute Gasteiger partial charge is 0.179 e. The van der Waals surface area contributed by atoms with E-state index in [0.717, 1.165) is 0 Å². The van der Waals surface area contributed by atoms with Crippen molar-refractivity contribution < 1.29 is 17.4 Å². The number of pyridine rings is 1. The monoisotopic (exact) mass is 339 g/mol. The molecule has 0 aliphatic rings. The van der Waals surface area contributed by atoms with Gasteiger partial charge in [-0.05, 0) is 6.42 Å². The van der Waals surface area contributed by atoms with E-state index in [2.05, 4.69) is 30.1 Å². The third kappa shape index (κ3) is 14.7. The first-order valence-corrected chi connectivity index (χ1v) is 9.89. The average molecular weight is 340 g/mol. The molecule has 0 unspecified atom stereocenters. The van der Waals surface area contributed by atoms with E-state index in [1.807, 2.05) is 6.20 Å². The van der Waals surface area contributed by atoms with E-state index in [0.29, 0.717) is 0 Å². The standard InChI is InChI=1S/C21H37N.ClH/c1-2-3-4-5-6-7-8-9-10-11-12-13-14-15-18-21-19-16-17-20-22-21;/h16-17,19-20H,2-15,18H2,1H3;1H. The summed E-state index contributed by atoms with van der Waals surface area (Å²) in [6.07, 6.45) is 23.3. The quantitative estimate of drug-likeness (QED) is 0.434. The van der Waals surface area contributed by atoms with E-state index >= 15 is 0 Å². The van der Waals surface area contributed by atoms with Crippen LogP contribution < -0.4 is 17.4 Å². The molecule has 1 aromatic rings. The summed E-state index contributed by atoms with van der Waals surface area (Å²) in [5.41, 5.74) is 1.38. The Hall–Kier alpha value is -0.560. The topological polar surface area (TPSA) is 14.1 Å². The van der Waals surface area contributed by atoms with Crippen LogP contribution in [-0.4, -0.2) is 0 Å². The minimum absolute atomic E-state index is 0. The number of aromatic nitrogens is 1. The molecule has 0 radical (unpaired) electrons. The maximum atomic E-state index is 3.32. The van der Waals surface area contributed by atoms with Crippen LogP contribution >= 0.6 is 0 Å². The summed E-state index contributed by atoms with van der Waals surface area (Å²) in [5.74, 6) is 0. The summed E-state index contributed by atoms with van der Waals surface area (Å²) >= 11 is 0. The Kier molecular flexibility index (Phi) is 17.4. The molecule has 2 heteroatoms. The van der Waals surface area contributed by atoms with Crippen LogP contribution in [0.15, 0.2) is 24.4 Å². The largest absolute Gasteiger partial charge is 1.00 e. The van der Waals surface area contributed by atoms with Crippen LogP contribution in [0, 0.1) is 0 Å². The van der Waals surface area contributed by atoms with Gasteiger partial charge in [-0.3, -0.25) is 0 Å². The normalized spacial score (nSPS) is 10.5. The predicted octanol–water partition coefficient (Wildman–Crippen LogP) is 3.53. The fourth-order valence-electron chi connectivity index (χ4n) is 3.10. The van der Waals surface area contributed by atoms with Gasteiger partial charge in [-0.2, -0.15) is 0 Å². The van der Waals surface area contributed by atoms with Crippen LogP contribution in [0.3, 0.4) is 0 Å². The Morgan fingerprint density at radius 1 is 0.652 bits per heavy atom. The minimum Gasteiger partial charge on any atom is -1.00 e. The highest BCUT2D eigenvalue weighted by Gasteiger charge is 1.99. The van der Waals surface area contributed by atoms with Gasteiger partial charge in [0.1, 0.15) is 0 Å². The molecule has 1 heterocycles. The third-order valence-electron chi connectivity index (χ3n) is 4.57. The molecule has 0 aromatic carbocycles. The van der Waals surface area contributed by atoms with Crippen LogP contribution in [0.2, 0.25) is 0 Å². The van der Waals surface area contributed by atoms with E-state index in [1.54, 1.807) is 0 Å². The zero-order chi connectivity index (χ0) is 15.7. The van der Waals surface area contributed by atoms with E-state index in [1.165, 1.54) is 102 Å². The lowest BCUT2D eigenvalue weighted by Crippen LogP contribution is -3.00. The van der Waals surface area contributed by atoms with Gasteiger partial charge in [-0.15, -0.1) is 0 Å². The van der Waals surface area contributed by atoms with E-state index in [-0.39, 0.29) is 12.4 Å². The van der Waals surface area contributed by atoms with Gasteiger partial charge >= 0.3 is 0 Å². The van der Waals surface area contributed by atoms with Crippen molar-refractivity contribution in [2.45, 2.75) is 103 Å². The van der Waals surface area contributed by atoms with Crippen molar-refractivity contribution in [1.82, 2.24) is 0 Å². The number of aryl methyl sites for hydroxylation is 1. The van der Waals surface area contributed by atoms with Crippen molar-refractivity contribution in [3.63, 3.8) is 0 Å². The van der Waals surface area contributed by atoms with Crippen molar-refractivity contribution >= 4 is 0 Å². The van der Waals surface area contributed by atoms with E-state index < -0.39 is 0 Å². The number of aromatic amines is 1. The van der Waals surface area contributed by atoms with Crippen LogP contribution in [-0.2, 0) is 6.42 Å². The Morgan fingerprint density at radius 3 is 1.57 bits per heavy atom. The number of rotatable bonds is 15. The summed E-state index contributed by atoms with van der Waals surface area (Å²) in [5, 5.41) is 0. The molecule has 0 bridgehead atoms. The first-order chi connectivity index (χ1) is 10.9. The second kappa shape index (κ2) is 17.8. The van der Waals surface area contributed by atoms with Crippen molar-refractivity contribution in [2.24, 2.45) is 0 Å². The molecule has 1 N–H and O–H groups in total. The van der Waals surface area contributed by atoms with Crippen molar-refractivity contribution in [3.05, 3.63) is 30.1 Å². The summed E-state index contributed by atoms with van der Waals surface area (Å²) < 4.78 is 0. The van der Waals surface area contributed by atoms with Crippen LogP contribution in [0.25, 0.3) is 0 Å². The van der Waals surface area contributed by atoms with Gasteiger partial charge in [0.2, 0.25) is 0 Å². The molecule has 1 aromatic heterocycles. The molecule has 0 spiro atoms. The van der Waals surface area contributed by atoms with Crippen molar-refractivity contribution in [2.75, 3.05) is 0 Å². The maximum absolute atomic E-state index is 3.32. The molecule has 1 rings (SSSR count). The predicted molar refractivity (Wildman–Crippen MR) is 97.0 cm³/mol.